The Morgan fingerprint density at radius 3 is 2.79 bits per heavy atom. The molecule has 0 aliphatic carbocycles. The predicted molar refractivity (Wildman–Crippen MR) is 87.2 cm³/mol. The largest absolute Gasteiger partial charge is 0.326 e. The topological polar surface area (TPSA) is 106 Å². The van der Waals surface area contributed by atoms with E-state index in [0.717, 1.165) is 0 Å². The van der Waals surface area contributed by atoms with Crippen LogP contribution >= 0.6 is 0 Å². The molecule has 0 aliphatic rings. The first kappa shape index (κ1) is 15.4. The van der Waals surface area contributed by atoms with E-state index in [0.29, 0.717) is 22.3 Å². The van der Waals surface area contributed by atoms with Crippen LogP contribution in [0.4, 0.5) is 5.69 Å². The van der Waals surface area contributed by atoms with Gasteiger partial charge in [0.2, 0.25) is 5.91 Å². The quantitative estimate of drug-likeness (QED) is 0.772. The Kier molecular flexibility index (Phi) is 4.07. The molecule has 1 amide bonds. The minimum Gasteiger partial charge on any atom is -0.326 e. The molecule has 0 spiro atoms. The van der Waals surface area contributed by atoms with Gasteiger partial charge in [0.15, 0.2) is 5.65 Å². The summed E-state index contributed by atoms with van der Waals surface area (Å²) in [5.41, 5.74) is 1.42. The monoisotopic (exact) mass is 322 g/mol. The highest BCUT2D eigenvalue weighted by Crippen LogP contribution is 2.09. The zero-order valence-electron chi connectivity index (χ0n) is 12.9. The van der Waals surface area contributed by atoms with Crippen LogP contribution in [0.25, 0.3) is 11.0 Å². The first-order chi connectivity index (χ1) is 11.6. The van der Waals surface area contributed by atoms with Crippen molar-refractivity contribution < 1.29 is 4.79 Å². The van der Waals surface area contributed by atoms with Crippen LogP contribution in [0.5, 0.6) is 0 Å². The molecule has 8 nitrogen and oxygen atoms in total. The molecular formula is C16H14N6O2. The van der Waals surface area contributed by atoms with E-state index >= 15 is 0 Å². The number of nitriles is 1. The Morgan fingerprint density at radius 2 is 2.08 bits per heavy atom. The van der Waals surface area contributed by atoms with Gasteiger partial charge in [0, 0.05) is 25.7 Å². The average Bonchev–Trinajstić information content (AvgIpc) is 2.97. The number of hydrogen-bond acceptors (Lipinski definition) is 5. The number of fused-ring (bicyclic) bond motifs is 1. The highest BCUT2D eigenvalue weighted by atomic mass is 16.2. The van der Waals surface area contributed by atoms with Gasteiger partial charge in [-0.1, -0.05) is 0 Å². The minimum atomic E-state index is -0.224. The Morgan fingerprint density at radius 1 is 1.33 bits per heavy atom. The van der Waals surface area contributed by atoms with Gasteiger partial charge < -0.3 is 5.32 Å². The fraction of sp³-hybridized carbons (Fsp3) is 0.188. The zero-order valence-corrected chi connectivity index (χ0v) is 12.9. The Hall–Kier alpha value is -3.47. The summed E-state index contributed by atoms with van der Waals surface area (Å²) < 4.78 is 2.92. The van der Waals surface area contributed by atoms with Crippen molar-refractivity contribution >= 4 is 22.6 Å². The van der Waals surface area contributed by atoms with E-state index in [9.17, 15) is 9.59 Å². The van der Waals surface area contributed by atoms with Crippen LogP contribution in [0.1, 0.15) is 12.0 Å². The molecule has 0 bridgehead atoms. The lowest BCUT2D eigenvalue weighted by Gasteiger charge is -2.07. The van der Waals surface area contributed by atoms with Gasteiger partial charge in [-0.2, -0.15) is 10.4 Å². The summed E-state index contributed by atoms with van der Waals surface area (Å²) in [5.74, 6) is -0.224. The van der Waals surface area contributed by atoms with E-state index in [1.165, 1.54) is 21.8 Å². The number of amides is 1. The number of aromatic nitrogens is 4. The van der Waals surface area contributed by atoms with Crippen molar-refractivity contribution in [1.82, 2.24) is 19.3 Å². The first-order valence-electron chi connectivity index (χ1n) is 7.25. The molecule has 8 heteroatoms. The summed E-state index contributed by atoms with van der Waals surface area (Å²) in [4.78, 5) is 28.5. The second-order valence-corrected chi connectivity index (χ2v) is 5.24. The first-order valence-corrected chi connectivity index (χ1v) is 7.25. The number of benzene rings is 1. The Labute approximate surface area is 137 Å². The molecule has 0 saturated carbocycles. The number of hydrogen-bond donors (Lipinski definition) is 1. The third-order valence-corrected chi connectivity index (χ3v) is 3.60. The van der Waals surface area contributed by atoms with Crippen LogP contribution < -0.4 is 10.9 Å². The second kappa shape index (κ2) is 6.34. The summed E-state index contributed by atoms with van der Waals surface area (Å²) in [5, 5.41) is 15.9. The van der Waals surface area contributed by atoms with Crippen molar-refractivity contribution in [3.05, 3.63) is 52.7 Å². The molecule has 2 aromatic heterocycles. The summed E-state index contributed by atoms with van der Waals surface area (Å²) in [7, 11) is 1.71. The van der Waals surface area contributed by atoms with Gasteiger partial charge >= 0.3 is 0 Å². The minimum absolute atomic E-state index is 0.132. The van der Waals surface area contributed by atoms with Crippen molar-refractivity contribution in [2.24, 2.45) is 7.05 Å². The van der Waals surface area contributed by atoms with Gasteiger partial charge in [-0.05, 0) is 24.3 Å². The summed E-state index contributed by atoms with van der Waals surface area (Å²) in [6.07, 6.45) is 3.02. The zero-order chi connectivity index (χ0) is 17.1. The number of rotatable bonds is 4. The maximum atomic E-state index is 12.3. The maximum Gasteiger partial charge on any atom is 0.264 e. The summed E-state index contributed by atoms with van der Waals surface area (Å²) >= 11 is 0. The molecule has 0 aliphatic heterocycles. The molecule has 3 aromatic rings. The maximum absolute atomic E-state index is 12.3. The van der Waals surface area contributed by atoms with Gasteiger partial charge in [0.05, 0.1) is 24.2 Å². The van der Waals surface area contributed by atoms with Crippen molar-refractivity contribution in [1.29, 1.82) is 5.26 Å². The van der Waals surface area contributed by atoms with Gasteiger partial charge in [-0.3, -0.25) is 18.8 Å². The number of aryl methyl sites for hydroxylation is 2. The fourth-order valence-corrected chi connectivity index (χ4v) is 2.30. The average molecular weight is 322 g/mol. The van der Waals surface area contributed by atoms with Gasteiger partial charge in [0.25, 0.3) is 5.56 Å². The number of anilines is 1. The predicted octanol–water partition coefficient (Wildman–Crippen LogP) is 1.03. The second-order valence-electron chi connectivity index (χ2n) is 5.24. The molecule has 24 heavy (non-hydrogen) atoms. The van der Waals surface area contributed by atoms with Crippen LogP contribution in [0, 0.1) is 11.3 Å². The number of carbonyl (C=O) groups excluding carboxylic acids is 1. The number of carbonyl (C=O) groups is 1. The van der Waals surface area contributed by atoms with Crippen molar-refractivity contribution in [3.63, 3.8) is 0 Å². The molecule has 0 unspecified atom stereocenters. The van der Waals surface area contributed by atoms with Crippen LogP contribution in [0.15, 0.2) is 41.6 Å². The summed E-state index contributed by atoms with van der Waals surface area (Å²) in [6.45, 7) is 0.221. The summed E-state index contributed by atoms with van der Waals surface area (Å²) in [6, 6.07) is 8.58. The van der Waals surface area contributed by atoms with Crippen molar-refractivity contribution in [3.8, 4) is 6.07 Å². The number of nitrogens with zero attached hydrogens (tertiary/aromatic N) is 5. The normalized spacial score (nSPS) is 10.5. The third-order valence-electron chi connectivity index (χ3n) is 3.60. The fourth-order valence-electron chi connectivity index (χ4n) is 2.30. The molecule has 3 rings (SSSR count). The van der Waals surface area contributed by atoms with E-state index in [1.54, 1.807) is 31.3 Å². The lowest BCUT2D eigenvalue weighted by atomic mass is 10.2. The van der Waals surface area contributed by atoms with E-state index in [1.807, 2.05) is 6.07 Å². The number of nitrogens with one attached hydrogen (secondary N) is 1. The van der Waals surface area contributed by atoms with Crippen LogP contribution in [0.2, 0.25) is 0 Å². The van der Waals surface area contributed by atoms with E-state index in [2.05, 4.69) is 15.4 Å². The van der Waals surface area contributed by atoms with Crippen LogP contribution in [-0.4, -0.2) is 25.2 Å². The SMILES string of the molecule is Cn1ncc2c(=O)n(CCC(=O)Nc3ccc(C#N)cc3)cnc21. The Balaban J connectivity index is 1.67. The van der Waals surface area contributed by atoms with Gasteiger partial charge in [-0.25, -0.2) is 4.98 Å². The lowest BCUT2D eigenvalue weighted by molar-refractivity contribution is -0.116. The van der Waals surface area contributed by atoms with E-state index in [4.69, 9.17) is 5.26 Å². The molecule has 0 atom stereocenters. The lowest BCUT2D eigenvalue weighted by Crippen LogP contribution is -2.23. The van der Waals surface area contributed by atoms with Crippen molar-refractivity contribution in [2.75, 3.05) is 5.32 Å². The van der Waals surface area contributed by atoms with Gasteiger partial charge in [-0.15, -0.1) is 0 Å². The van der Waals surface area contributed by atoms with Gasteiger partial charge in [0.1, 0.15) is 5.39 Å². The van der Waals surface area contributed by atoms with Crippen LogP contribution in [0.3, 0.4) is 0 Å². The van der Waals surface area contributed by atoms with E-state index in [-0.39, 0.29) is 24.4 Å². The molecule has 0 fully saturated rings. The Bertz CT molecular complexity index is 994. The molecule has 1 aromatic carbocycles. The molecule has 0 radical (unpaired) electrons. The molecular weight excluding hydrogens is 308 g/mol. The smallest absolute Gasteiger partial charge is 0.264 e. The van der Waals surface area contributed by atoms with E-state index < -0.39 is 0 Å². The third kappa shape index (κ3) is 3.01. The highest BCUT2D eigenvalue weighted by Gasteiger charge is 2.09. The highest BCUT2D eigenvalue weighted by molar-refractivity contribution is 5.90. The standard InChI is InChI=1S/C16H14N6O2/c1-21-15-13(9-19-21)16(24)22(10-18-15)7-6-14(23)20-12-4-2-11(8-17)3-5-12/h2-5,9-10H,6-7H2,1H3,(H,20,23). The van der Waals surface area contributed by atoms with Crippen LogP contribution in [-0.2, 0) is 18.4 Å². The molecule has 1 N–H and O–H groups in total. The molecule has 0 saturated heterocycles. The molecule has 120 valence electrons. The van der Waals surface area contributed by atoms with Crippen molar-refractivity contribution in [2.45, 2.75) is 13.0 Å². The molecule has 2 heterocycles.